The smallest absolute Gasteiger partial charge is 0.235 e. The van der Waals surface area contributed by atoms with Gasteiger partial charge in [0.15, 0.2) is 16.6 Å². The molecule has 1 fully saturated rings. The summed E-state index contributed by atoms with van der Waals surface area (Å²) >= 11 is 13.6. The second-order valence-corrected chi connectivity index (χ2v) is 11.2. The van der Waals surface area contributed by atoms with Crippen molar-refractivity contribution in [3.63, 3.8) is 0 Å². The van der Waals surface area contributed by atoms with E-state index in [1.165, 1.54) is 21.9 Å². The van der Waals surface area contributed by atoms with Gasteiger partial charge in [-0.3, -0.25) is 0 Å². The highest BCUT2D eigenvalue weighted by molar-refractivity contribution is 7.88. The molecule has 3 aromatic heterocycles. The minimum atomic E-state index is -3.25. The van der Waals surface area contributed by atoms with E-state index in [1.54, 1.807) is 22.7 Å². The van der Waals surface area contributed by atoms with Crippen LogP contribution in [0.2, 0.25) is 10.0 Å². The second-order valence-electron chi connectivity index (χ2n) is 7.41. The lowest BCUT2D eigenvalue weighted by Gasteiger charge is -2.29. The van der Waals surface area contributed by atoms with Gasteiger partial charge in [-0.15, -0.1) is 15.3 Å². The third-order valence-corrected chi connectivity index (χ3v) is 7.98. The summed E-state index contributed by atoms with van der Waals surface area (Å²) in [6, 6.07) is 8.89. The van der Waals surface area contributed by atoms with Gasteiger partial charge in [0.05, 0.1) is 11.3 Å². The van der Waals surface area contributed by atoms with Crippen molar-refractivity contribution in [3.8, 4) is 22.1 Å². The number of hydrogen-bond donors (Lipinski definition) is 0. The number of halogens is 2. The molecule has 1 aromatic carbocycles. The van der Waals surface area contributed by atoms with Crippen LogP contribution >= 0.6 is 34.5 Å². The predicted molar refractivity (Wildman–Crippen MR) is 120 cm³/mol. The van der Waals surface area contributed by atoms with E-state index in [2.05, 4.69) is 15.3 Å². The van der Waals surface area contributed by atoms with Crippen molar-refractivity contribution in [2.75, 3.05) is 19.3 Å². The summed E-state index contributed by atoms with van der Waals surface area (Å²) in [4.78, 5) is 0.629. The van der Waals surface area contributed by atoms with Crippen LogP contribution < -0.4 is 0 Å². The summed E-state index contributed by atoms with van der Waals surface area (Å²) in [7, 11) is -3.25. The van der Waals surface area contributed by atoms with Gasteiger partial charge in [0.1, 0.15) is 5.76 Å². The zero-order chi connectivity index (χ0) is 21.8. The fraction of sp³-hybridized carbons (Fsp3) is 0.316. The van der Waals surface area contributed by atoms with Gasteiger partial charge < -0.3 is 4.42 Å². The third-order valence-electron chi connectivity index (χ3n) is 5.25. The number of sulfonamides is 1. The zero-order valence-corrected chi connectivity index (χ0v) is 19.5. The molecule has 8 nitrogen and oxygen atoms in total. The molecule has 0 spiro atoms. The maximum absolute atomic E-state index is 12.0. The maximum atomic E-state index is 12.0. The van der Waals surface area contributed by atoms with E-state index in [1.807, 2.05) is 12.1 Å². The number of aromatic nitrogens is 4. The molecule has 0 saturated carbocycles. The van der Waals surface area contributed by atoms with Crippen molar-refractivity contribution in [3.05, 3.63) is 46.2 Å². The number of piperidine rings is 1. The number of hydrogen-bond acceptors (Lipinski definition) is 7. The van der Waals surface area contributed by atoms with E-state index >= 15 is 0 Å². The summed E-state index contributed by atoms with van der Waals surface area (Å²) in [5.41, 5.74) is 0.740. The fourth-order valence-corrected chi connectivity index (χ4v) is 5.95. The Bertz CT molecular complexity index is 1380. The molecule has 4 heterocycles. The van der Waals surface area contributed by atoms with Crippen LogP contribution in [-0.2, 0) is 10.0 Å². The highest BCUT2D eigenvalue weighted by Gasteiger charge is 2.30. The Balaban J connectivity index is 1.46. The quantitative estimate of drug-likeness (QED) is 0.410. The lowest BCUT2D eigenvalue weighted by Crippen LogP contribution is -2.38. The third kappa shape index (κ3) is 3.98. The van der Waals surface area contributed by atoms with Crippen molar-refractivity contribution in [2.24, 2.45) is 0 Å². The molecular formula is C19H17Cl2N5O3S2. The first-order valence-corrected chi connectivity index (χ1v) is 12.9. The first-order chi connectivity index (χ1) is 14.8. The highest BCUT2D eigenvalue weighted by atomic mass is 35.5. The molecule has 0 amide bonds. The standard InChI is InChI=1S/C19H17Cl2N5O3S2/c1-31(27,28)25-8-2-3-11(10-25)17-22-23-19-26(17)24-18(30-19)16-7-6-15(29-16)13-5-4-12(20)9-14(13)21/h4-7,9,11H,2-3,8,10H2,1H3. The van der Waals surface area contributed by atoms with Crippen LogP contribution in [0.3, 0.4) is 0 Å². The van der Waals surface area contributed by atoms with Gasteiger partial charge in [0.25, 0.3) is 0 Å². The normalized spacial score (nSPS) is 18.1. The number of fused-ring (bicyclic) bond motifs is 1. The van der Waals surface area contributed by atoms with Gasteiger partial charge in [-0.2, -0.15) is 4.52 Å². The maximum Gasteiger partial charge on any atom is 0.235 e. The average molecular weight is 498 g/mol. The van der Waals surface area contributed by atoms with E-state index < -0.39 is 10.0 Å². The van der Waals surface area contributed by atoms with Gasteiger partial charge >= 0.3 is 0 Å². The first-order valence-electron chi connectivity index (χ1n) is 9.52. The van der Waals surface area contributed by atoms with Crippen molar-refractivity contribution >= 4 is 49.5 Å². The van der Waals surface area contributed by atoms with Gasteiger partial charge in [-0.25, -0.2) is 12.7 Å². The van der Waals surface area contributed by atoms with Gasteiger partial charge in [-0.05, 0) is 43.2 Å². The van der Waals surface area contributed by atoms with E-state index in [-0.39, 0.29) is 5.92 Å². The fourth-order valence-electron chi connectivity index (χ4n) is 3.73. The van der Waals surface area contributed by atoms with Crippen LogP contribution in [0.25, 0.3) is 27.1 Å². The Kier molecular flexibility index (Phi) is 5.30. The largest absolute Gasteiger partial charge is 0.453 e. The Morgan fingerprint density at radius 1 is 1.16 bits per heavy atom. The summed E-state index contributed by atoms with van der Waals surface area (Å²) in [6.07, 6.45) is 2.84. The highest BCUT2D eigenvalue weighted by Crippen LogP contribution is 2.36. The van der Waals surface area contributed by atoms with E-state index in [9.17, 15) is 8.42 Å². The molecule has 1 unspecified atom stereocenters. The minimum Gasteiger partial charge on any atom is -0.453 e. The predicted octanol–water partition coefficient (Wildman–Crippen LogP) is 4.56. The average Bonchev–Trinajstić information content (AvgIpc) is 3.42. The number of nitrogens with zero attached hydrogens (tertiary/aromatic N) is 5. The number of benzene rings is 1. The van der Waals surface area contributed by atoms with Gasteiger partial charge in [0, 0.05) is 29.6 Å². The topological polar surface area (TPSA) is 93.6 Å². The molecule has 1 saturated heterocycles. The van der Waals surface area contributed by atoms with Crippen LogP contribution in [0.4, 0.5) is 0 Å². The summed E-state index contributed by atoms with van der Waals surface area (Å²) in [5.74, 6) is 1.80. The Morgan fingerprint density at radius 2 is 1.97 bits per heavy atom. The molecule has 0 aliphatic carbocycles. The van der Waals surface area contributed by atoms with E-state index in [4.69, 9.17) is 27.6 Å². The molecule has 5 rings (SSSR count). The van der Waals surface area contributed by atoms with Crippen molar-refractivity contribution in [1.82, 2.24) is 24.1 Å². The second kappa shape index (κ2) is 7.86. The van der Waals surface area contributed by atoms with Crippen LogP contribution in [0, 0.1) is 0 Å². The molecule has 1 atom stereocenters. The van der Waals surface area contributed by atoms with Crippen molar-refractivity contribution < 1.29 is 12.8 Å². The number of rotatable bonds is 4. The lowest BCUT2D eigenvalue weighted by molar-refractivity contribution is 0.309. The van der Waals surface area contributed by atoms with Gasteiger partial charge in [-0.1, -0.05) is 34.5 Å². The Morgan fingerprint density at radius 3 is 2.74 bits per heavy atom. The molecule has 12 heteroatoms. The SMILES string of the molecule is CS(=O)(=O)N1CCCC(c2nnc3sc(-c4ccc(-c5ccc(Cl)cc5Cl)o4)nn23)C1. The molecule has 0 bridgehead atoms. The molecule has 1 aliphatic heterocycles. The van der Waals surface area contributed by atoms with Crippen LogP contribution in [0.5, 0.6) is 0 Å². The first kappa shape index (κ1) is 20.9. The molecule has 0 radical (unpaired) electrons. The summed E-state index contributed by atoms with van der Waals surface area (Å²) in [6.45, 7) is 0.911. The molecule has 31 heavy (non-hydrogen) atoms. The van der Waals surface area contributed by atoms with Crippen LogP contribution in [-0.4, -0.2) is 51.9 Å². The molecule has 1 aliphatic rings. The molecule has 0 N–H and O–H groups in total. The molecule has 4 aromatic rings. The van der Waals surface area contributed by atoms with Crippen LogP contribution in [0.15, 0.2) is 34.7 Å². The summed E-state index contributed by atoms with van der Waals surface area (Å²) in [5, 5.41) is 14.9. The van der Waals surface area contributed by atoms with Crippen LogP contribution in [0.1, 0.15) is 24.6 Å². The van der Waals surface area contributed by atoms with E-state index in [0.29, 0.717) is 50.4 Å². The van der Waals surface area contributed by atoms with Crippen molar-refractivity contribution in [1.29, 1.82) is 0 Å². The summed E-state index contributed by atoms with van der Waals surface area (Å²) < 4.78 is 33.1. The zero-order valence-electron chi connectivity index (χ0n) is 16.3. The van der Waals surface area contributed by atoms with Gasteiger partial charge in [0.2, 0.25) is 15.0 Å². The molecular weight excluding hydrogens is 481 g/mol. The monoisotopic (exact) mass is 497 g/mol. The minimum absolute atomic E-state index is 0.0616. The Hall–Kier alpha value is -1.98. The number of furan rings is 1. The van der Waals surface area contributed by atoms with Crippen molar-refractivity contribution in [2.45, 2.75) is 18.8 Å². The van der Waals surface area contributed by atoms with E-state index in [0.717, 1.165) is 18.4 Å². The Labute approximate surface area is 192 Å². The lowest BCUT2D eigenvalue weighted by atomic mass is 9.99. The molecule has 162 valence electrons.